The number of unbranched alkanes of at least 4 members (excludes halogenated alkanes) is 3. The lowest BCUT2D eigenvalue weighted by molar-refractivity contribution is 0.0240. The maximum Gasteiger partial charge on any atom is 0.410 e. The van der Waals surface area contributed by atoms with Gasteiger partial charge in [-0.2, -0.15) is 0 Å². The van der Waals surface area contributed by atoms with Gasteiger partial charge in [0.1, 0.15) is 5.60 Å². The highest BCUT2D eigenvalue weighted by Crippen LogP contribution is 2.25. The molecule has 1 aliphatic heterocycles. The summed E-state index contributed by atoms with van der Waals surface area (Å²) < 4.78 is 5.48. The van der Waals surface area contributed by atoms with Gasteiger partial charge in [-0.15, -0.1) is 0 Å². The number of anilines is 2. The predicted molar refractivity (Wildman–Crippen MR) is 117 cm³/mol. The summed E-state index contributed by atoms with van der Waals surface area (Å²) in [5.74, 6) is 0. The number of carbonyl (C=O) groups is 1. The van der Waals surface area contributed by atoms with Crippen LogP contribution in [0.2, 0.25) is 0 Å². The average Bonchev–Trinajstić information content (AvgIpc) is 2.63. The number of benzene rings is 1. The molecule has 6 nitrogen and oxygen atoms in total. The molecule has 28 heavy (non-hydrogen) atoms. The lowest BCUT2D eigenvalue weighted by Gasteiger charge is -2.37. The van der Waals surface area contributed by atoms with Gasteiger partial charge in [0, 0.05) is 44.1 Å². The van der Waals surface area contributed by atoms with Gasteiger partial charge in [0.2, 0.25) is 0 Å². The summed E-state index contributed by atoms with van der Waals surface area (Å²) in [6, 6.07) is 6.56. The van der Waals surface area contributed by atoms with E-state index in [0.717, 1.165) is 32.6 Å². The number of aryl methyl sites for hydroxylation is 1. The third-order valence-electron chi connectivity index (χ3n) is 4.93. The quantitative estimate of drug-likeness (QED) is 0.657. The second-order valence-electron chi connectivity index (χ2n) is 8.59. The van der Waals surface area contributed by atoms with E-state index < -0.39 is 5.60 Å². The lowest BCUT2D eigenvalue weighted by atomic mass is 10.1. The van der Waals surface area contributed by atoms with Gasteiger partial charge in [0.25, 0.3) is 0 Å². The zero-order valence-corrected chi connectivity index (χ0v) is 18.1. The summed E-state index contributed by atoms with van der Waals surface area (Å²) in [7, 11) is 0. The molecule has 2 rings (SSSR count). The average molecular weight is 391 g/mol. The van der Waals surface area contributed by atoms with Crippen molar-refractivity contribution in [2.45, 2.75) is 59.0 Å². The minimum absolute atomic E-state index is 0.213. The van der Waals surface area contributed by atoms with E-state index in [-0.39, 0.29) is 6.09 Å². The van der Waals surface area contributed by atoms with Gasteiger partial charge >= 0.3 is 6.09 Å². The van der Waals surface area contributed by atoms with Crippen LogP contribution >= 0.6 is 0 Å². The fraction of sp³-hybridized carbons (Fsp3) is 0.682. The van der Waals surface area contributed by atoms with Crippen LogP contribution in [0.5, 0.6) is 0 Å². The van der Waals surface area contributed by atoms with E-state index in [1.54, 1.807) is 4.90 Å². The number of ether oxygens (including phenoxy) is 1. The van der Waals surface area contributed by atoms with Crippen LogP contribution in [0, 0.1) is 6.92 Å². The van der Waals surface area contributed by atoms with Crippen LogP contribution in [-0.2, 0) is 4.74 Å². The van der Waals surface area contributed by atoms with Gasteiger partial charge in [-0.1, -0.05) is 12.8 Å². The van der Waals surface area contributed by atoms with Crippen LogP contribution < -0.4 is 16.0 Å². The fourth-order valence-corrected chi connectivity index (χ4v) is 3.43. The van der Waals surface area contributed by atoms with Gasteiger partial charge in [0.05, 0.1) is 0 Å². The Bertz CT molecular complexity index is 619. The number of carbonyl (C=O) groups excluding carboxylic acids is 1. The summed E-state index contributed by atoms with van der Waals surface area (Å²) in [4.78, 5) is 16.4. The highest BCUT2D eigenvalue weighted by Gasteiger charge is 2.26. The second-order valence-corrected chi connectivity index (χ2v) is 8.59. The van der Waals surface area contributed by atoms with Crippen molar-refractivity contribution >= 4 is 17.5 Å². The number of hydrogen-bond donors (Lipinski definition) is 2. The second kappa shape index (κ2) is 10.6. The number of nitrogens with zero attached hydrogens (tertiary/aromatic N) is 2. The van der Waals surface area contributed by atoms with Crippen molar-refractivity contribution in [1.82, 2.24) is 4.90 Å². The van der Waals surface area contributed by atoms with Gasteiger partial charge in [0.15, 0.2) is 0 Å². The Morgan fingerprint density at radius 1 is 1.11 bits per heavy atom. The first kappa shape index (κ1) is 22.3. The van der Waals surface area contributed by atoms with E-state index >= 15 is 0 Å². The molecule has 0 spiro atoms. The number of nitrogens with two attached hydrogens (primary N) is 1. The highest BCUT2D eigenvalue weighted by molar-refractivity contribution is 5.69. The maximum absolute atomic E-state index is 12.2. The Morgan fingerprint density at radius 3 is 2.39 bits per heavy atom. The Labute approximate surface area is 170 Å². The van der Waals surface area contributed by atoms with Crippen LogP contribution in [0.4, 0.5) is 16.2 Å². The van der Waals surface area contributed by atoms with E-state index in [1.807, 2.05) is 20.8 Å². The highest BCUT2D eigenvalue weighted by atomic mass is 16.6. The Kier molecular flexibility index (Phi) is 8.42. The molecule has 0 bridgehead atoms. The normalized spacial score (nSPS) is 14.9. The zero-order valence-electron chi connectivity index (χ0n) is 18.1. The van der Waals surface area contributed by atoms with Crippen molar-refractivity contribution in [3.63, 3.8) is 0 Å². The van der Waals surface area contributed by atoms with E-state index in [4.69, 9.17) is 10.5 Å². The molecule has 1 aromatic carbocycles. The van der Waals surface area contributed by atoms with Gasteiger partial charge in [-0.25, -0.2) is 4.79 Å². The molecule has 3 N–H and O–H groups in total. The molecule has 1 fully saturated rings. The smallest absolute Gasteiger partial charge is 0.410 e. The van der Waals surface area contributed by atoms with Gasteiger partial charge in [-0.05, 0) is 70.8 Å². The van der Waals surface area contributed by atoms with Crippen molar-refractivity contribution in [1.29, 1.82) is 0 Å². The SMILES string of the molecule is Cc1cc(NCCCCCCN)ccc1N1CCN(C(=O)OC(C)(C)C)CC1. The van der Waals surface area contributed by atoms with Crippen molar-refractivity contribution in [3.05, 3.63) is 23.8 Å². The minimum Gasteiger partial charge on any atom is -0.444 e. The molecule has 0 aromatic heterocycles. The maximum atomic E-state index is 12.2. The molecule has 1 heterocycles. The molecule has 158 valence electrons. The van der Waals surface area contributed by atoms with Crippen molar-refractivity contribution in [2.24, 2.45) is 5.73 Å². The molecule has 1 saturated heterocycles. The van der Waals surface area contributed by atoms with Crippen molar-refractivity contribution in [2.75, 3.05) is 49.5 Å². The summed E-state index contributed by atoms with van der Waals surface area (Å²) in [6.07, 6.45) is 4.52. The number of amides is 1. The summed E-state index contributed by atoms with van der Waals surface area (Å²) in [6.45, 7) is 12.7. The number of piperazine rings is 1. The van der Waals surface area contributed by atoms with Crippen LogP contribution in [-0.4, -0.2) is 55.9 Å². The Balaban J connectivity index is 1.80. The number of nitrogens with one attached hydrogen (secondary N) is 1. The van der Waals surface area contributed by atoms with Crippen LogP contribution in [0.1, 0.15) is 52.0 Å². The number of hydrogen-bond acceptors (Lipinski definition) is 5. The first-order chi connectivity index (χ1) is 13.3. The molecule has 0 radical (unpaired) electrons. The van der Waals surface area contributed by atoms with E-state index in [1.165, 1.54) is 36.2 Å². The molecule has 1 aliphatic rings. The van der Waals surface area contributed by atoms with Gasteiger partial charge < -0.3 is 25.6 Å². The molecular formula is C22H38N4O2. The van der Waals surface area contributed by atoms with Crippen LogP contribution in [0.15, 0.2) is 18.2 Å². The molecule has 1 aromatic rings. The zero-order chi connectivity index (χ0) is 20.6. The Morgan fingerprint density at radius 2 is 1.79 bits per heavy atom. The lowest BCUT2D eigenvalue weighted by Crippen LogP contribution is -2.50. The number of rotatable bonds is 8. The first-order valence-corrected chi connectivity index (χ1v) is 10.6. The third-order valence-corrected chi connectivity index (χ3v) is 4.93. The topological polar surface area (TPSA) is 70.8 Å². The standard InChI is InChI=1S/C22H38N4O2/c1-18-17-19(24-12-8-6-5-7-11-23)9-10-20(18)25-13-15-26(16-14-25)21(27)28-22(2,3)4/h9-10,17,24H,5-8,11-16,23H2,1-4H3. The summed E-state index contributed by atoms with van der Waals surface area (Å²) in [5, 5.41) is 3.52. The third kappa shape index (κ3) is 7.23. The van der Waals surface area contributed by atoms with Crippen molar-refractivity contribution in [3.8, 4) is 0 Å². The molecule has 1 amide bonds. The molecule has 0 saturated carbocycles. The molecule has 0 unspecified atom stereocenters. The van der Waals surface area contributed by atoms with E-state index in [0.29, 0.717) is 13.1 Å². The Hall–Kier alpha value is -1.95. The van der Waals surface area contributed by atoms with E-state index in [9.17, 15) is 4.79 Å². The monoisotopic (exact) mass is 390 g/mol. The summed E-state index contributed by atoms with van der Waals surface area (Å²) in [5.41, 5.74) is 8.77. The van der Waals surface area contributed by atoms with Crippen molar-refractivity contribution < 1.29 is 9.53 Å². The molecule has 0 atom stereocenters. The largest absolute Gasteiger partial charge is 0.444 e. The predicted octanol–water partition coefficient (Wildman–Crippen LogP) is 3.98. The van der Waals surface area contributed by atoms with Gasteiger partial charge in [-0.3, -0.25) is 0 Å². The minimum atomic E-state index is -0.446. The first-order valence-electron chi connectivity index (χ1n) is 10.6. The van der Waals surface area contributed by atoms with Crippen LogP contribution in [0.25, 0.3) is 0 Å². The van der Waals surface area contributed by atoms with Crippen LogP contribution in [0.3, 0.4) is 0 Å². The molecular weight excluding hydrogens is 352 g/mol. The molecule has 6 heteroatoms. The summed E-state index contributed by atoms with van der Waals surface area (Å²) >= 11 is 0. The van der Waals surface area contributed by atoms with E-state index in [2.05, 4.69) is 35.3 Å². The molecule has 0 aliphatic carbocycles. The fourth-order valence-electron chi connectivity index (χ4n) is 3.43.